The van der Waals surface area contributed by atoms with Gasteiger partial charge in [-0.1, -0.05) is 53.2 Å². The third-order valence-electron chi connectivity index (χ3n) is 5.09. The normalized spacial score (nSPS) is 14.9. The number of hydrogen-bond donors (Lipinski definition) is 1. The van der Waals surface area contributed by atoms with Gasteiger partial charge >= 0.3 is 0 Å². The third kappa shape index (κ3) is 5.57. The highest BCUT2D eigenvalue weighted by Gasteiger charge is 2.12. The Morgan fingerprint density at radius 2 is 1.96 bits per heavy atom. The number of hydrogen-bond acceptors (Lipinski definition) is 3. The van der Waals surface area contributed by atoms with E-state index in [9.17, 15) is 0 Å². The zero-order chi connectivity index (χ0) is 18.4. The summed E-state index contributed by atoms with van der Waals surface area (Å²) in [5, 5.41) is 4.98. The minimum atomic E-state index is 0.520. The fourth-order valence-electron chi connectivity index (χ4n) is 2.96. The lowest BCUT2D eigenvalue weighted by Gasteiger charge is -2.23. The number of thiazole rings is 1. The highest BCUT2D eigenvalue weighted by Crippen LogP contribution is 2.27. The average Bonchev–Trinajstić information content (AvgIpc) is 3.00. The first-order valence-electron chi connectivity index (χ1n) is 9.79. The van der Waals surface area contributed by atoms with Crippen molar-refractivity contribution in [3.63, 3.8) is 0 Å². The number of aryl methyl sites for hydroxylation is 1. The van der Waals surface area contributed by atoms with Crippen LogP contribution in [0.3, 0.4) is 0 Å². The molecule has 0 aliphatic rings. The van der Waals surface area contributed by atoms with Crippen LogP contribution < -0.4 is 5.32 Å². The second kappa shape index (κ2) is 9.38. The number of fused-ring (bicyclic) bond motifs is 1. The summed E-state index contributed by atoms with van der Waals surface area (Å²) >= 11 is 1.85. The molecule has 2 rings (SSSR count). The molecule has 2 atom stereocenters. The number of nitrogens with one attached hydrogen (secondary N) is 1. The van der Waals surface area contributed by atoms with Crippen molar-refractivity contribution in [2.24, 2.45) is 5.92 Å². The molecule has 1 aromatic heterocycles. The van der Waals surface area contributed by atoms with Crippen LogP contribution in [0.2, 0.25) is 0 Å². The van der Waals surface area contributed by atoms with Crippen LogP contribution in [0.25, 0.3) is 10.2 Å². The molecular formula is C22H34N2S. The van der Waals surface area contributed by atoms with Gasteiger partial charge in [-0.05, 0) is 49.3 Å². The lowest BCUT2D eigenvalue weighted by molar-refractivity contribution is 0.412. The SMILES string of the molecule is CC/C=C(\CCc1nc2ccc(C(C)C)cc2s1)NC(C)C(C)CC. The Bertz CT molecular complexity index is 699. The van der Waals surface area contributed by atoms with E-state index in [0.29, 0.717) is 17.9 Å². The minimum absolute atomic E-state index is 0.520. The highest BCUT2D eigenvalue weighted by molar-refractivity contribution is 7.18. The van der Waals surface area contributed by atoms with E-state index in [-0.39, 0.29) is 0 Å². The lowest BCUT2D eigenvalue weighted by atomic mass is 10.00. The fourth-order valence-corrected chi connectivity index (χ4v) is 3.98. The summed E-state index contributed by atoms with van der Waals surface area (Å²) in [7, 11) is 0. The van der Waals surface area contributed by atoms with Crippen LogP contribution in [0.1, 0.15) is 77.3 Å². The van der Waals surface area contributed by atoms with Crippen LogP contribution in [0.5, 0.6) is 0 Å². The average molecular weight is 359 g/mol. The van der Waals surface area contributed by atoms with Gasteiger partial charge in [0.05, 0.1) is 15.2 Å². The monoisotopic (exact) mass is 358 g/mol. The Labute approximate surface area is 157 Å². The number of aromatic nitrogens is 1. The van der Waals surface area contributed by atoms with E-state index in [4.69, 9.17) is 4.98 Å². The van der Waals surface area contributed by atoms with E-state index >= 15 is 0 Å². The van der Waals surface area contributed by atoms with Gasteiger partial charge in [-0.3, -0.25) is 0 Å². The molecule has 3 heteroatoms. The van der Waals surface area contributed by atoms with Gasteiger partial charge in [0.2, 0.25) is 0 Å². The first-order chi connectivity index (χ1) is 11.9. The van der Waals surface area contributed by atoms with E-state index in [1.165, 1.54) is 27.4 Å². The minimum Gasteiger partial charge on any atom is -0.386 e. The van der Waals surface area contributed by atoms with Gasteiger partial charge in [0.25, 0.3) is 0 Å². The molecule has 0 saturated carbocycles. The van der Waals surface area contributed by atoms with Crippen LogP contribution in [-0.2, 0) is 6.42 Å². The second-order valence-electron chi connectivity index (χ2n) is 7.45. The van der Waals surface area contributed by atoms with Crippen LogP contribution in [-0.4, -0.2) is 11.0 Å². The Hall–Kier alpha value is -1.35. The summed E-state index contributed by atoms with van der Waals surface area (Å²) < 4.78 is 1.32. The van der Waals surface area contributed by atoms with Crippen molar-refractivity contribution in [1.29, 1.82) is 0 Å². The molecule has 2 aromatic rings. The second-order valence-corrected chi connectivity index (χ2v) is 8.56. The Kier molecular flexibility index (Phi) is 7.49. The number of allylic oxidation sites excluding steroid dienone is 2. The van der Waals surface area contributed by atoms with Crippen LogP contribution in [0, 0.1) is 5.92 Å². The Morgan fingerprint density at radius 1 is 1.20 bits per heavy atom. The molecule has 0 bridgehead atoms. The van der Waals surface area contributed by atoms with E-state index in [2.05, 4.69) is 71.1 Å². The summed E-state index contributed by atoms with van der Waals surface area (Å²) in [5.74, 6) is 1.26. The zero-order valence-electron chi connectivity index (χ0n) is 16.7. The molecule has 138 valence electrons. The Balaban J connectivity index is 2.04. The van der Waals surface area contributed by atoms with E-state index < -0.39 is 0 Å². The van der Waals surface area contributed by atoms with Gasteiger partial charge in [-0.25, -0.2) is 4.98 Å². The molecule has 25 heavy (non-hydrogen) atoms. The molecule has 1 aromatic carbocycles. The van der Waals surface area contributed by atoms with E-state index in [1.54, 1.807) is 0 Å². The summed E-state index contributed by atoms with van der Waals surface area (Å²) in [6, 6.07) is 7.23. The molecule has 0 aliphatic carbocycles. The number of nitrogens with zero attached hydrogens (tertiary/aromatic N) is 1. The summed E-state index contributed by atoms with van der Waals surface area (Å²) in [6.45, 7) is 13.6. The summed E-state index contributed by atoms with van der Waals surface area (Å²) in [4.78, 5) is 4.84. The fraction of sp³-hybridized carbons (Fsp3) is 0.591. The lowest BCUT2D eigenvalue weighted by Crippen LogP contribution is -2.31. The van der Waals surface area contributed by atoms with Crippen molar-refractivity contribution in [3.05, 3.63) is 40.5 Å². The van der Waals surface area contributed by atoms with E-state index in [0.717, 1.165) is 24.8 Å². The Morgan fingerprint density at radius 3 is 2.60 bits per heavy atom. The molecule has 2 unspecified atom stereocenters. The molecule has 0 amide bonds. The molecule has 1 N–H and O–H groups in total. The maximum Gasteiger partial charge on any atom is 0.0942 e. The van der Waals surface area contributed by atoms with Crippen molar-refractivity contribution < 1.29 is 0 Å². The highest BCUT2D eigenvalue weighted by atomic mass is 32.1. The smallest absolute Gasteiger partial charge is 0.0942 e. The van der Waals surface area contributed by atoms with E-state index in [1.807, 2.05) is 11.3 Å². The maximum absolute atomic E-state index is 4.84. The third-order valence-corrected chi connectivity index (χ3v) is 6.17. The topological polar surface area (TPSA) is 24.9 Å². The van der Waals surface area contributed by atoms with Gasteiger partial charge in [0.1, 0.15) is 0 Å². The standard InChI is InChI=1S/C22H34N2S/c1-7-9-19(23-17(6)16(5)8-2)11-13-22-24-20-12-10-18(15(3)4)14-21(20)25-22/h9-10,12,14-17,23H,7-8,11,13H2,1-6H3/b19-9+. The summed E-state index contributed by atoms with van der Waals surface area (Å²) in [6.07, 6.45) is 6.69. The van der Waals surface area contributed by atoms with Gasteiger partial charge < -0.3 is 5.32 Å². The zero-order valence-corrected chi connectivity index (χ0v) is 17.5. The van der Waals surface area contributed by atoms with Gasteiger partial charge in [-0.15, -0.1) is 11.3 Å². The first-order valence-corrected chi connectivity index (χ1v) is 10.6. The largest absolute Gasteiger partial charge is 0.386 e. The molecule has 1 heterocycles. The van der Waals surface area contributed by atoms with Gasteiger partial charge in [0.15, 0.2) is 0 Å². The molecule has 0 fully saturated rings. The van der Waals surface area contributed by atoms with Crippen molar-refractivity contribution in [2.45, 2.75) is 79.2 Å². The summed E-state index contributed by atoms with van der Waals surface area (Å²) in [5.41, 5.74) is 3.92. The molecular weight excluding hydrogens is 324 g/mol. The predicted molar refractivity (Wildman–Crippen MR) is 112 cm³/mol. The van der Waals surface area contributed by atoms with Crippen molar-refractivity contribution in [2.75, 3.05) is 0 Å². The quantitative estimate of drug-likeness (QED) is 0.541. The van der Waals surface area contributed by atoms with Crippen LogP contribution in [0.4, 0.5) is 0 Å². The molecule has 0 spiro atoms. The number of rotatable bonds is 9. The van der Waals surface area contributed by atoms with Crippen LogP contribution in [0.15, 0.2) is 30.0 Å². The van der Waals surface area contributed by atoms with Gasteiger partial charge in [0, 0.05) is 18.2 Å². The van der Waals surface area contributed by atoms with Crippen molar-refractivity contribution >= 4 is 21.6 Å². The van der Waals surface area contributed by atoms with Crippen molar-refractivity contribution in [3.8, 4) is 0 Å². The van der Waals surface area contributed by atoms with Crippen LogP contribution >= 0.6 is 11.3 Å². The number of benzene rings is 1. The molecule has 0 aliphatic heterocycles. The first kappa shape index (κ1) is 20.0. The molecule has 0 saturated heterocycles. The molecule has 2 nitrogen and oxygen atoms in total. The van der Waals surface area contributed by atoms with Gasteiger partial charge in [-0.2, -0.15) is 0 Å². The maximum atomic E-state index is 4.84. The van der Waals surface area contributed by atoms with Crippen molar-refractivity contribution in [1.82, 2.24) is 10.3 Å². The molecule has 0 radical (unpaired) electrons. The predicted octanol–water partition coefficient (Wildman–Crippen LogP) is 6.67.